The maximum absolute atomic E-state index is 9.93. The van der Waals surface area contributed by atoms with Crippen molar-refractivity contribution in [2.45, 2.75) is 12.0 Å². The van der Waals surface area contributed by atoms with Gasteiger partial charge in [-0.3, -0.25) is 4.84 Å². The third-order valence-electron chi connectivity index (χ3n) is 0.746. The van der Waals surface area contributed by atoms with E-state index in [9.17, 15) is 8.42 Å². The van der Waals surface area contributed by atoms with E-state index in [-0.39, 0.29) is 0 Å². The minimum absolute atomic E-state index is 1.05. The Morgan fingerprint density at radius 2 is 2.14 bits per heavy atom. The summed E-state index contributed by atoms with van der Waals surface area (Å²) in [5.41, 5.74) is 2.21. The van der Waals surface area contributed by atoms with Gasteiger partial charge in [-0.05, 0) is 6.92 Å². The molecular weight excluding hydrogens is 118 g/mol. The molecule has 1 N–H and O–H groups in total. The fourth-order valence-electron chi connectivity index (χ4n) is 0.148. The first-order valence-electron chi connectivity index (χ1n) is 1.75. The number of hydrogen-bond acceptors (Lipinski definition) is 4. The highest BCUT2D eigenvalue weighted by Gasteiger charge is 2.43. The van der Waals surface area contributed by atoms with Crippen molar-refractivity contribution in [1.82, 2.24) is 5.48 Å². The Kier molecular flexibility index (Phi) is 0.844. The molecule has 0 amide bonds. The highest BCUT2D eigenvalue weighted by Crippen LogP contribution is 2.17. The Bertz CT molecular complexity index is 139. The second-order valence-electron chi connectivity index (χ2n) is 1.44. The second kappa shape index (κ2) is 1.18. The normalized spacial score (nSPS) is 39.1. The number of nitrogens with one attached hydrogen (secondary N) is 1. The van der Waals surface area contributed by atoms with Crippen molar-refractivity contribution >= 4 is 10.7 Å². The summed E-state index contributed by atoms with van der Waals surface area (Å²) in [5.74, 6) is 0. The summed E-state index contributed by atoms with van der Waals surface area (Å²) in [6.45, 7) is 1.44. The molecule has 0 aromatic carbocycles. The molecule has 1 unspecified atom stereocenters. The van der Waals surface area contributed by atoms with Crippen LogP contribution in [-0.2, 0) is 15.5 Å². The standard InChI is InChI=1S/C2H5NO3S/c1-2(3-6-2)7(4)5/h3,7H,1H3. The van der Waals surface area contributed by atoms with E-state index in [0.717, 1.165) is 0 Å². The van der Waals surface area contributed by atoms with Crippen molar-refractivity contribution in [3.8, 4) is 0 Å². The quantitative estimate of drug-likeness (QED) is 0.339. The van der Waals surface area contributed by atoms with E-state index < -0.39 is 15.8 Å². The minimum Gasteiger partial charge on any atom is -0.258 e. The number of hydrogen-bond donors (Lipinski definition) is 2. The molecule has 0 bridgehead atoms. The van der Waals surface area contributed by atoms with Crippen LogP contribution in [0.15, 0.2) is 0 Å². The van der Waals surface area contributed by atoms with Crippen LogP contribution in [0.25, 0.3) is 0 Å². The SMILES string of the molecule is CC1([SH](=O)=O)NO1. The number of rotatable bonds is 1. The lowest BCUT2D eigenvalue weighted by Crippen LogP contribution is -2.09. The van der Waals surface area contributed by atoms with Gasteiger partial charge < -0.3 is 0 Å². The summed E-state index contributed by atoms with van der Waals surface area (Å²) in [4.78, 5) is 4.31. The first kappa shape index (κ1) is 5.02. The molecular formula is C2H5NO3S. The molecule has 1 fully saturated rings. The van der Waals surface area contributed by atoms with Gasteiger partial charge in [0, 0.05) is 0 Å². The van der Waals surface area contributed by atoms with Crippen molar-refractivity contribution < 1.29 is 13.3 Å². The largest absolute Gasteiger partial charge is 0.258 e. The second-order valence-corrected chi connectivity index (χ2v) is 2.81. The predicted molar refractivity (Wildman–Crippen MR) is 22.9 cm³/mol. The topological polar surface area (TPSA) is 68.6 Å². The van der Waals surface area contributed by atoms with Gasteiger partial charge in [0.25, 0.3) is 5.06 Å². The van der Waals surface area contributed by atoms with Crippen LogP contribution in [0.3, 0.4) is 0 Å². The summed E-state index contributed by atoms with van der Waals surface area (Å²) < 4.78 is 19.9. The average Bonchev–Trinajstić information content (AvgIpc) is 2.21. The van der Waals surface area contributed by atoms with Gasteiger partial charge in [-0.2, -0.15) is 5.48 Å². The number of hydroxylamine groups is 1. The van der Waals surface area contributed by atoms with E-state index in [1.165, 1.54) is 6.92 Å². The summed E-state index contributed by atoms with van der Waals surface area (Å²) >= 11 is 0. The van der Waals surface area contributed by atoms with Gasteiger partial charge in [-0.25, -0.2) is 8.42 Å². The van der Waals surface area contributed by atoms with E-state index in [1.54, 1.807) is 0 Å². The van der Waals surface area contributed by atoms with Gasteiger partial charge in [0.15, 0.2) is 10.7 Å². The van der Waals surface area contributed by atoms with Crippen LogP contribution < -0.4 is 5.48 Å². The van der Waals surface area contributed by atoms with Gasteiger partial charge in [-0.1, -0.05) is 0 Å². The lowest BCUT2D eigenvalue weighted by Gasteiger charge is -1.80. The van der Waals surface area contributed by atoms with Crippen molar-refractivity contribution in [1.29, 1.82) is 0 Å². The number of thiol groups is 1. The minimum atomic E-state index is -2.46. The molecule has 1 saturated heterocycles. The van der Waals surface area contributed by atoms with Crippen LogP contribution in [0, 0.1) is 0 Å². The monoisotopic (exact) mass is 123 g/mol. The molecule has 0 radical (unpaired) electrons. The maximum atomic E-state index is 9.93. The molecule has 0 spiro atoms. The van der Waals surface area contributed by atoms with Crippen LogP contribution in [-0.4, -0.2) is 13.5 Å². The van der Waals surface area contributed by atoms with Crippen molar-refractivity contribution in [2.75, 3.05) is 0 Å². The lowest BCUT2D eigenvalue weighted by molar-refractivity contribution is 0.357. The van der Waals surface area contributed by atoms with Crippen LogP contribution in [0.4, 0.5) is 0 Å². The Labute approximate surface area is 42.4 Å². The summed E-state index contributed by atoms with van der Waals surface area (Å²) in [6.07, 6.45) is 0. The van der Waals surface area contributed by atoms with E-state index in [0.29, 0.717) is 0 Å². The first-order chi connectivity index (χ1) is 3.15. The molecule has 1 rings (SSSR count). The molecule has 0 aliphatic carbocycles. The molecule has 0 aromatic rings. The van der Waals surface area contributed by atoms with E-state index >= 15 is 0 Å². The highest BCUT2D eigenvalue weighted by atomic mass is 32.2. The third kappa shape index (κ3) is 0.744. The van der Waals surface area contributed by atoms with Gasteiger partial charge >= 0.3 is 0 Å². The summed E-state index contributed by atoms with van der Waals surface area (Å²) in [5, 5.41) is -1.05. The van der Waals surface area contributed by atoms with Gasteiger partial charge in [0.2, 0.25) is 0 Å². The predicted octanol–water partition coefficient (Wildman–Crippen LogP) is -1.19. The van der Waals surface area contributed by atoms with Crippen molar-refractivity contribution in [3.63, 3.8) is 0 Å². The third-order valence-corrected chi connectivity index (χ3v) is 1.63. The molecule has 4 nitrogen and oxygen atoms in total. The van der Waals surface area contributed by atoms with Crippen LogP contribution in [0.5, 0.6) is 0 Å². The molecule has 1 aliphatic heterocycles. The van der Waals surface area contributed by atoms with E-state index in [1.807, 2.05) is 0 Å². The fraction of sp³-hybridized carbons (Fsp3) is 1.00. The Hall–Kier alpha value is -0.130. The highest BCUT2D eigenvalue weighted by molar-refractivity contribution is 7.74. The Morgan fingerprint density at radius 3 is 2.14 bits per heavy atom. The van der Waals surface area contributed by atoms with Crippen LogP contribution in [0.2, 0.25) is 0 Å². The lowest BCUT2D eigenvalue weighted by atomic mass is 10.8. The zero-order valence-electron chi connectivity index (χ0n) is 3.67. The van der Waals surface area contributed by atoms with Crippen molar-refractivity contribution in [2.24, 2.45) is 0 Å². The summed E-state index contributed by atoms with van der Waals surface area (Å²) in [7, 11) is -2.46. The average molecular weight is 123 g/mol. The van der Waals surface area contributed by atoms with Gasteiger partial charge in [0.1, 0.15) is 0 Å². The van der Waals surface area contributed by atoms with Crippen LogP contribution in [0.1, 0.15) is 6.92 Å². The van der Waals surface area contributed by atoms with Crippen molar-refractivity contribution in [3.05, 3.63) is 0 Å². The first-order valence-corrected chi connectivity index (χ1v) is 2.92. The fourth-order valence-corrected chi connectivity index (χ4v) is 0.343. The Morgan fingerprint density at radius 1 is 1.71 bits per heavy atom. The molecule has 0 saturated carbocycles. The molecule has 1 aliphatic rings. The smallest absolute Gasteiger partial charge is 0.257 e. The van der Waals surface area contributed by atoms with Gasteiger partial charge in [0.05, 0.1) is 0 Å². The molecule has 1 heterocycles. The van der Waals surface area contributed by atoms with Gasteiger partial charge in [-0.15, -0.1) is 0 Å². The molecule has 7 heavy (non-hydrogen) atoms. The van der Waals surface area contributed by atoms with E-state index in [2.05, 4.69) is 10.3 Å². The molecule has 0 aromatic heterocycles. The molecule has 1 atom stereocenters. The summed E-state index contributed by atoms with van der Waals surface area (Å²) in [6, 6.07) is 0. The molecule has 42 valence electrons. The Balaban J connectivity index is 2.73. The molecule has 5 heteroatoms. The maximum Gasteiger partial charge on any atom is 0.257 e. The zero-order valence-corrected chi connectivity index (χ0v) is 4.57. The van der Waals surface area contributed by atoms with Crippen LogP contribution >= 0.6 is 0 Å². The zero-order chi connectivity index (χ0) is 5.49. The van der Waals surface area contributed by atoms with E-state index in [4.69, 9.17) is 0 Å².